The van der Waals surface area contributed by atoms with Crippen molar-refractivity contribution in [3.8, 4) is 0 Å². The Morgan fingerprint density at radius 2 is 1.53 bits per heavy atom. The van der Waals surface area contributed by atoms with E-state index < -0.39 is 0 Å². The topological polar surface area (TPSA) is 101 Å². The minimum absolute atomic E-state index is 0.0924. The van der Waals surface area contributed by atoms with Gasteiger partial charge in [-0.1, -0.05) is 37.3 Å². The zero-order valence-electron chi connectivity index (χ0n) is 16.7. The Bertz CT molecular complexity index is 1210. The predicted molar refractivity (Wildman–Crippen MR) is 118 cm³/mol. The lowest BCUT2D eigenvalue weighted by atomic mass is 9.81. The minimum Gasteiger partial charge on any atom is -0.398 e. The molecule has 0 unspecified atom stereocenters. The zero-order valence-corrected chi connectivity index (χ0v) is 16.7. The van der Waals surface area contributed by atoms with Crippen LogP contribution in [-0.2, 0) is 4.79 Å². The largest absolute Gasteiger partial charge is 0.398 e. The second-order valence-corrected chi connectivity index (χ2v) is 7.22. The number of fused-ring (bicyclic) bond motifs is 2. The van der Waals surface area contributed by atoms with Crippen molar-refractivity contribution in [2.45, 2.75) is 20.3 Å². The second kappa shape index (κ2) is 7.48. The van der Waals surface area contributed by atoms with Crippen LogP contribution < -0.4 is 16.4 Å². The van der Waals surface area contributed by atoms with Crippen molar-refractivity contribution in [3.63, 3.8) is 0 Å². The van der Waals surface area contributed by atoms with Crippen molar-refractivity contribution in [1.29, 1.82) is 0 Å². The Balaban J connectivity index is 1.81. The number of nitrogen functional groups attached to an aromatic ring is 1. The average molecular weight is 399 g/mol. The molecule has 0 spiro atoms. The lowest BCUT2D eigenvalue weighted by molar-refractivity contribution is -0.115. The van der Waals surface area contributed by atoms with E-state index in [-0.39, 0.29) is 28.6 Å². The van der Waals surface area contributed by atoms with Gasteiger partial charge in [0.2, 0.25) is 5.91 Å². The molecule has 1 aliphatic rings. The van der Waals surface area contributed by atoms with E-state index in [0.717, 1.165) is 0 Å². The standard InChI is InChI=1S/C24H21N3O3/c1-3-19(28)27-15-8-6-7-14(12-15)26-18-11-13(2)22(25)21-20(18)23(29)16-9-4-5-10-17(16)24(21)30/h4-12,26H,3,25H2,1-2H3,(H,27,28). The van der Waals surface area contributed by atoms with Crippen LogP contribution in [0.1, 0.15) is 50.8 Å². The van der Waals surface area contributed by atoms with Crippen LogP contribution in [0, 0.1) is 6.92 Å². The number of nitrogens with one attached hydrogen (secondary N) is 2. The molecule has 6 nitrogen and oxygen atoms in total. The maximum Gasteiger partial charge on any atom is 0.224 e. The van der Waals surface area contributed by atoms with Crippen LogP contribution in [-0.4, -0.2) is 17.5 Å². The van der Waals surface area contributed by atoms with Gasteiger partial charge < -0.3 is 16.4 Å². The maximum atomic E-state index is 13.3. The molecule has 0 radical (unpaired) electrons. The monoisotopic (exact) mass is 399 g/mol. The summed E-state index contributed by atoms with van der Waals surface area (Å²) < 4.78 is 0. The molecule has 0 atom stereocenters. The van der Waals surface area contributed by atoms with Crippen LogP contribution in [0.4, 0.5) is 22.7 Å². The first-order chi connectivity index (χ1) is 14.4. The highest BCUT2D eigenvalue weighted by molar-refractivity contribution is 6.32. The number of aryl methyl sites for hydroxylation is 1. The van der Waals surface area contributed by atoms with E-state index in [2.05, 4.69) is 10.6 Å². The normalized spacial score (nSPS) is 12.2. The Labute approximate surface area is 174 Å². The summed E-state index contributed by atoms with van der Waals surface area (Å²) in [6, 6.07) is 15.7. The molecule has 1 aliphatic carbocycles. The van der Waals surface area contributed by atoms with Gasteiger partial charge in [-0.25, -0.2) is 0 Å². The summed E-state index contributed by atoms with van der Waals surface area (Å²) in [4.78, 5) is 38.1. The molecule has 0 bridgehead atoms. The lowest BCUT2D eigenvalue weighted by Gasteiger charge is -2.23. The van der Waals surface area contributed by atoms with Crippen LogP contribution in [0.5, 0.6) is 0 Å². The number of amides is 1. The van der Waals surface area contributed by atoms with E-state index in [4.69, 9.17) is 5.73 Å². The molecule has 3 aromatic rings. The fourth-order valence-electron chi connectivity index (χ4n) is 3.63. The first-order valence-corrected chi connectivity index (χ1v) is 9.69. The van der Waals surface area contributed by atoms with Gasteiger partial charge in [-0.2, -0.15) is 0 Å². The van der Waals surface area contributed by atoms with Crippen molar-refractivity contribution < 1.29 is 14.4 Å². The molecule has 6 heteroatoms. The van der Waals surface area contributed by atoms with E-state index in [1.54, 1.807) is 62.4 Å². The first kappa shape index (κ1) is 19.4. The smallest absolute Gasteiger partial charge is 0.224 e. The summed E-state index contributed by atoms with van der Waals surface area (Å²) in [5.41, 5.74) is 10.3. The van der Waals surface area contributed by atoms with Gasteiger partial charge in [-0.15, -0.1) is 0 Å². The summed E-state index contributed by atoms with van der Waals surface area (Å²) in [5.74, 6) is -0.594. The van der Waals surface area contributed by atoms with Crippen LogP contribution in [0.2, 0.25) is 0 Å². The molecule has 4 rings (SSSR count). The van der Waals surface area contributed by atoms with E-state index >= 15 is 0 Å². The number of benzene rings is 3. The summed E-state index contributed by atoms with van der Waals surface area (Å²) in [5, 5.41) is 6.04. The molecule has 150 valence electrons. The summed E-state index contributed by atoms with van der Waals surface area (Å²) in [6.07, 6.45) is 0.373. The quantitative estimate of drug-likeness (QED) is 0.440. The number of rotatable bonds is 4. The number of nitrogens with two attached hydrogens (primary N) is 1. The highest BCUT2D eigenvalue weighted by Gasteiger charge is 2.34. The van der Waals surface area contributed by atoms with E-state index in [1.165, 1.54) is 0 Å². The van der Waals surface area contributed by atoms with Crippen molar-refractivity contribution in [2.75, 3.05) is 16.4 Å². The third-order valence-corrected chi connectivity index (χ3v) is 5.19. The Morgan fingerprint density at radius 1 is 0.900 bits per heavy atom. The van der Waals surface area contributed by atoms with Gasteiger partial charge in [0.15, 0.2) is 11.6 Å². The Hall–Kier alpha value is -3.93. The van der Waals surface area contributed by atoms with Crippen molar-refractivity contribution in [3.05, 3.63) is 82.4 Å². The minimum atomic E-state index is -0.256. The summed E-state index contributed by atoms with van der Waals surface area (Å²) in [7, 11) is 0. The fraction of sp³-hybridized carbons (Fsp3) is 0.125. The molecule has 4 N–H and O–H groups in total. The molecule has 30 heavy (non-hydrogen) atoms. The van der Waals surface area contributed by atoms with Gasteiger partial charge in [0, 0.05) is 34.6 Å². The van der Waals surface area contributed by atoms with Crippen LogP contribution >= 0.6 is 0 Å². The number of carbonyl (C=O) groups is 3. The number of ketones is 2. The van der Waals surface area contributed by atoms with Crippen LogP contribution in [0.25, 0.3) is 0 Å². The molecular weight excluding hydrogens is 378 g/mol. The molecule has 0 saturated carbocycles. The number of carbonyl (C=O) groups excluding carboxylic acids is 3. The van der Waals surface area contributed by atoms with E-state index in [0.29, 0.717) is 45.9 Å². The average Bonchev–Trinajstić information content (AvgIpc) is 2.74. The third kappa shape index (κ3) is 3.22. The van der Waals surface area contributed by atoms with Gasteiger partial charge >= 0.3 is 0 Å². The summed E-state index contributed by atoms with van der Waals surface area (Å²) in [6.45, 7) is 3.58. The highest BCUT2D eigenvalue weighted by atomic mass is 16.2. The zero-order chi connectivity index (χ0) is 21.4. The van der Waals surface area contributed by atoms with Gasteiger partial charge in [0.05, 0.1) is 16.8 Å². The highest BCUT2D eigenvalue weighted by Crippen LogP contribution is 2.38. The Kier molecular flexibility index (Phi) is 4.83. The third-order valence-electron chi connectivity index (χ3n) is 5.19. The number of hydrogen-bond donors (Lipinski definition) is 3. The van der Waals surface area contributed by atoms with E-state index in [1.807, 2.05) is 6.07 Å². The predicted octanol–water partition coefficient (Wildman–Crippen LogP) is 4.44. The van der Waals surface area contributed by atoms with Gasteiger partial charge in [0.1, 0.15) is 0 Å². The van der Waals surface area contributed by atoms with Gasteiger partial charge in [0.25, 0.3) is 0 Å². The molecule has 0 aromatic heterocycles. The van der Waals surface area contributed by atoms with Gasteiger partial charge in [-0.05, 0) is 36.8 Å². The fourth-order valence-corrected chi connectivity index (χ4v) is 3.63. The number of hydrogen-bond acceptors (Lipinski definition) is 5. The summed E-state index contributed by atoms with van der Waals surface area (Å²) >= 11 is 0. The van der Waals surface area contributed by atoms with Gasteiger partial charge in [-0.3, -0.25) is 14.4 Å². The first-order valence-electron chi connectivity index (χ1n) is 9.69. The lowest BCUT2D eigenvalue weighted by Crippen LogP contribution is -2.24. The number of anilines is 4. The van der Waals surface area contributed by atoms with Crippen molar-refractivity contribution in [1.82, 2.24) is 0 Å². The SMILES string of the molecule is CCC(=O)Nc1cccc(Nc2cc(C)c(N)c3c2C(=O)c2ccccc2C3=O)c1. The molecule has 3 aromatic carbocycles. The molecule has 0 saturated heterocycles. The molecule has 0 aliphatic heterocycles. The molecule has 1 amide bonds. The van der Waals surface area contributed by atoms with Crippen molar-refractivity contribution >= 4 is 40.2 Å². The van der Waals surface area contributed by atoms with Crippen LogP contribution in [0.15, 0.2) is 54.6 Å². The second-order valence-electron chi connectivity index (χ2n) is 7.22. The molecular formula is C24H21N3O3. The molecule has 0 heterocycles. The molecule has 0 fully saturated rings. The Morgan fingerprint density at radius 3 is 2.20 bits per heavy atom. The maximum absolute atomic E-state index is 13.3. The van der Waals surface area contributed by atoms with E-state index in [9.17, 15) is 14.4 Å². The van der Waals surface area contributed by atoms with Crippen LogP contribution in [0.3, 0.4) is 0 Å². The van der Waals surface area contributed by atoms with Crippen molar-refractivity contribution in [2.24, 2.45) is 0 Å².